The number of likely N-dealkylation sites (N-methyl/N-ethyl adjacent to an activating group) is 1. The van der Waals surface area contributed by atoms with E-state index < -0.39 is 34.4 Å². The monoisotopic (exact) mass is 463 g/mol. The smallest absolute Gasteiger partial charge is 0.247 e. The van der Waals surface area contributed by atoms with Crippen LogP contribution in [0.3, 0.4) is 0 Å². The van der Waals surface area contributed by atoms with Crippen molar-refractivity contribution in [2.75, 3.05) is 40.1 Å². The van der Waals surface area contributed by atoms with Crippen LogP contribution in [0, 0.1) is 0 Å². The Hall–Kier alpha value is -2.95. The Morgan fingerprint density at radius 3 is 2.25 bits per heavy atom. The molecule has 0 radical (unpaired) electrons. The number of rotatable bonds is 11. The number of carbonyl (C=O) groups is 2. The maximum absolute atomic E-state index is 13.3. The number of nitrogens with zero attached hydrogens (tertiary/aromatic N) is 2. The number of hydrogen-bond donors (Lipinski definition) is 2. The number of benzene rings is 2. The van der Waals surface area contributed by atoms with Crippen LogP contribution in [0.25, 0.3) is 0 Å². The van der Waals surface area contributed by atoms with Crippen molar-refractivity contribution in [2.24, 2.45) is 0 Å². The van der Waals surface area contributed by atoms with Gasteiger partial charge in [0.25, 0.3) is 0 Å². The van der Waals surface area contributed by atoms with Gasteiger partial charge in [0.1, 0.15) is 11.8 Å². The third-order valence-corrected chi connectivity index (χ3v) is 6.10. The van der Waals surface area contributed by atoms with Gasteiger partial charge in [0.05, 0.1) is 26.5 Å². The van der Waals surface area contributed by atoms with Crippen LogP contribution in [0.1, 0.15) is 17.2 Å². The number of hydrogen-bond acceptors (Lipinski definition) is 6. The predicted molar refractivity (Wildman–Crippen MR) is 120 cm³/mol. The molecule has 0 aliphatic heterocycles. The Balaban J connectivity index is 2.47. The zero-order valence-corrected chi connectivity index (χ0v) is 19.2. The number of amides is 2. The van der Waals surface area contributed by atoms with Crippen molar-refractivity contribution in [2.45, 2.75) is 12.6 Å². The normalized spacial score (nSPS) is 12.3. The number of methoxy groups -OCH3 is 1. The number of ether oxygens (including phenoxy) is 1. The highest BCUT2D eigenvalue weighted by molar-refractivity contribution is 7.88. The summed E-state index contributed by atoms with van der Waals surface area (Å²) in [5.41, 5.74) is 1.30. The standard InChI is InChI=1S/C22H29N3O6S/c1-24(32(3,29)30)16-20(27)25(15-17-9-11-19(31-2)12-10-17)21(22(28)23-13-14-26)18-7-5-4-6-8-18/h4-12,21,26H,13-16H2,1-3H3,(H,23,28)/t21-/m1/s1. The van der Waals surface area contributed by atoms with E-state index in [9.17, 15) is 18.0 Å². The molecule has 0 saturated carbocycles. The Bertz CT molecular complexity index is 996. The van der Waals surface area contributed by atoms with Crippen molar-refractivity contribution in [1.82, 2.24) is 14.5 Å². The van der Waals surface area contributed by atoms with Gasteiger partial charge in [-0.25, -0.2) is 8.42 Å². The fourth-order valence-electron chi connectivity index (χ4n) is 3.03. The number of aliphatic hydroxyl groups excluding tert-OH is 1. The molecule has 1 atom stereocenters. The molecule has 0 spiro atoms. The van der Waals surface area contributed by atoms with Gasteiger partial charge in [-0.2, -0.15) is 4.31 Å². The molecule has 0 aliphatic carbocycles. The van der Waals surface area contributed by atoms with Crippen LogP contribution in [0.2, 0.25) is 0 Å². The molecule has 2 N–H and O–H groups in total. The largest absolute Gasteiger partial charge is 0.497 e. The summed E-state index contributed by atoms with van der Waals surface area (Å²) in [4.78, 5) is 27.7. The maximum Gasteiger partial charge on any atom is 0.247 e. The second-order valence-corrected chi connectivity index (χ2v) is 9.31. The zero-order chi connectivity index (χ0) is 23.7. The lowest BCUT2D eigenvalue weighted by molar-refractivity contribution is -0.141. The SMILES string of the molecule is COc1ccc(CN(C(=O)CN(C)S(C)(=O)=O)[C@@H](C(=O)NCCO)c2ccccc2)cc1. The molecule has 0 heterocycles. The second-order valence-electron chi connectivity index (χ2n) is 7.22. The molecule has 2 aromatic carbocycles. The molecule has 9 nitrogen and oxygen atoms in total. The molecule has 0 unspecified atom stereocenters. The fourth-order valence-corrected chi connectivity index (χ4v) is 3.38. The Morgan fingerprint density at radius 2 is 1.72 bits per heavy atom. The van der Waals surface area contributed by atoms with Gasteiger partial charge in [-0.1, -0.05) is 42.5 Å². The highest BCUT2D eigenvalue weighted by atomic mass is 32.2. The lowest BCUT2D eigenvalue weighted by Gasteiger charge is -2.32. The van der Waals surface area contributed by atoms with Gasteiger partial charge in [0.15, 0.2) is 0 Å². The highest BCUT2D eigenvalue weighted by Crippen LogP contribution is 2.25. The van der Waals surface area contributed by atoms with E-state index in [0.717, 1.165) is 16.1 Å². The quantitative estimate of drug-likeness (QED) is 0.508. The molecule has 2 amide bonds. The lowest BCUT2D eigenvalue weighted by atomic mass is 10.0. The first kappa shape index (κ1) is 25.3. The summed E-state index contributed by atoms with van der Waals surface area (Å²) in [5.74, 6) is -0.375. The average molecular weight is 464 g/mol. The molecule has 174 valence electrons. The van der Waals surface area contributed by atoms with Crippen LogP contribution in [-0.4, -0.2) is 74.7 Å². The van der Waals surface area contributed by atoms with Crippen molar-refractivity contribution in [3.8, 4) is 5.75 Å². The van der Waals surface area contributed by atoms with E-state index in [1.54, 1.807) is 61.7 Å². The first-order valence-corrected chi connectivity index (χ1v) is 11.8. The van der Waals surface area contributed by atoms with E-state index in [-0.39, 0.29) is 19.7 Å². The minimum Gasteiger partial charge on any atom is -0.497 e. The lowest BCUT2D eigenvalue weighted by Crippen LogP contribution is -2.47. The van der Waals surface area contributed by atoms with Gasteiger partial charge in [0.2, 0.25) is 21.8 Å². The van der Waals surface area contributed by atoms with E-state index >= 15 is 0 Å². The third kappa shape index (κ3) is 7.04. The maximum atomic E-state index is 13.3. The Kier molecular flexibility index (Phi) is 9.18. The van der Waals surface area contributed by atoms with E-state index in [2.05, 4.69) is 5.32 Å². The van der Waals surface area contributed by atoms with Crippen LogP contribution >= 0.6 is 0 Å². The summed E-state index contributed by atoms with van der Waals surface area (Å²) < 4.78 is 29.8. The molecule has 10 heteroatoms. The zero-order valence-electron chi connectivity index (χ0n) is 18.4. The fraction of sp³-hybridized carbons (Fsp3) is 0.364. The second kappa shape index (κ2) is 11.6. The van der Waals surface area contributed by atoms with E-state index in [1.807, 2.05) is 0 Å². The third-order valence-electron chi connectivity index (χ3n) is 4.84. The van der Waals surface area contributed by atoms with Gasteiger partial charge in [-0.15, -0.1) is 0 Å². The average Bonchev–Trinajstić information content (AvgIpc) is 2.77. The summed E-state index contributed by atoms with van der Waals surface area (Å²) in [6.45, 7) is -0.593. The Labute approximate surface area is 188 Å². The number of nitrogens with one attached hydrogen (secondary N) is 1. The van der Waals surface area contributed by atoms with Gasteiger partial charge in [-0.05, 0) is 23.3 Å². The van der Waals surface area contributed by atoms with Gasteiger partial charge < -0.3 is 20.1 Å². The van der Waals surface area contributed by atoms with Crippen LogP contribution in [0.5, 0.6) is 5.75 Å². The van der Waals surface area contributed by atoms with Gasteiger partial charge in [-0.3, -0.25) is 9.59 Å². The molecule has 0 bridgehead atoms. The summed E-state index contributed by atoms with van der Waals surface area (Å²) in [5, 5.41) is 11.7. The van der Waals surface area contributed by atoms with Crippen LogP contribution < -0.4 is 10.1 Å². The Morgan fingerprint density at radius 1 is 1.09 bits per heavy atom. The summed E-state index contributed by atoms with van der Waals surface area (Å²) in [6, 6.07) is 14.7. The highest BCUT2D eigenvalue weighted by Gasteiger charge is 2.32. The van der Waals surface area contributed by atoms with Crippen LogP contribution in [0.4, 0.5) is 0 Å². The molecule has 0 aromatic heterocycles. The van der Waals surface area contributed by atoms with Crippen molar-refractivity contribution in [1.29, 1.82) is 0 Å². The van der Waals surface area contributed by atoms with E-state index in [4.69, 9.17) is 9.84 Å². The molecule has 2 aromatic rings. The van der Waals surface area contributed by atoms with Crippen molar-refractivity contribution >= 4 is 21.8 Å². The van der Waals surface area contributed by atoms with Gasteiger partial charge >= 0.3 is 0 Å². The van der Waals surface area contributed by atoms with E-state index in [0.29, 0.717) is 11.3 Å². The molecule has 0 saturated heterocycles. The molecule has 32 heavy (non-hydrogen) atoms. The molecule has 0 aliphatic rings. The van der Waals surface area contributed by atoms with Crippen molar-refractivity contribution in [3.05, 3.63) is 65.7 Å². The molecular weight excluding hydrogens is 434 g/mol. The van der Waals surface area contributed by atoms with Crippen molar-refractivity contribution < 1.29 is 27.9 Å². The minimum absolute atomic E-state index is 0.0238. The first-order chi connectivity index (χ1) is 15.2. The topological polar surface area (TPSA) is 116 Å². The number of sulfonamides is 1. The van der Waals surface area contributed by atoms with Gasteiger partial charge in [0, 0.05) is 20.1 Å². The molecule has 0 fully saturated rings. The van der Waals surface area contributed by atoms with E-state index in [1.165, 1.54) is 11.9 Å². The number of aliphatic hydroxyl groups is 1. The minimum atomic E-state index is -3.60. The summed E-state index contributed by atoms with van der Waals surface area (Å²) >= 11 is 0. The summed E-state index contributed by atoms with van der Waals surface area (Å²) in [6.07, 6.45) is 1.01. The predicted octanol–water partition coefficient (Wildman–Crippen LogP) is 0.765. The number of carbonyl (C=O) groups excluding carboxylic acids is 2. The first-order valence-electron chi connectivity index (χ1n) is 9.94. The van der Waals surface area contributed by atoms with Crippen LogP contribution in [-0.2, 0) is 26.2 Å². The van der Waals surface area contributed by atoms with Crippen LogP contribution in [0.15, 0.2) is 54.6 Å². The molecular formula is C22H29N3O6S. The summed E-state index contributed by atoms with van der Waals surface area (Å²) in [7, 11) is -0.750. The van der Waals surface area contributed by atoms with Crippen molar-refractivity contribution in [3.63, 3.8) is 0 Å². The molecule has 2 rings (SSSR count).